The second-order valence-corrected chi connectivity index (χ2v) is 5.00. The van der Waals surface area contributed by atoms with Crippen LogP contribution in [0.15, 0.2) is 48.5 Å². The summed E-state index contributed by atoms with van der Waals surface area (Å²) >= 11 is 0. The summed E-state index contributed by atoms with van der Waals surface area (Å²) in [5, 5.41) is 10.6. The predicted molar refractivity (Wildman–Crippen MR) is 77.3 cm³/mol. The van der Waals surface area contributed by atoms with Crippen LogP contribution in [0, 0.1) is 5.82 Å². The molecule has 0 bridgehead atoms. The summed E-state index contributed by atoms with van der Waals surface area (Å²) in [6, 6.07) is 13.8. The molecule has 0 aliphatic heterocycles. The topological polar surface area (TPSA) is 29.5 Å². The quantitative estimate of drug-likeness (QED) is 0.901. The van der Waals surface area contributed by atoms with Gasteiger partial charge in [-0.05, 0) is 43.2 Å². The maximum atomic E-state index is 13.7. The highest BCUT2D eigenvalue weighted by atomic mass is 19.1. The molecule has 2 aromatic carbocycles. The average Bonchev–Trinajstić information content (AvgIpc) is 2.42. The Hall–Kier alpha value is -1.87. The molecule has 0 aliphatic carbocycles. The van der Waals surface area contributed by atoms with Gasteiger partial charge in [-0.15, -0.1) is 0 Å². The summed E-state index contributed by atoms with van der Waals surface area (Å²) in [5.41, 5.74) is 0.0704. The van der Waals surface area contributed by atoms with Crippen LogP contribution in [0.25, 0.3) is 0 Å². The molecule has 2 aromatic rings. The van der Waals surface area contributed by atoms with Gasteiger partial charge in [-0.2, -0.15) is 0 Å². The van der Waals surface area contributed by atoms with Crippen LogP contribution in [0.1, 0.15) is 25.0 Å². The van der Waals surface area contributed by atoms with Gasteiger partial charge < -0.3 is 9.84 Å². The highest BCUT2D eigenvalue weighted by Crippen LogP contribution is 2.28. The third kappa shape index (κ3) is 3.36. The molecular formula is C17H19FO2. The maximum Gasteiger partial charge on any atom is 0.126 e. The standard InChI is InChI=1S/C17H19FO2/c1-3-20-15-9-6-8-14(11-15)17(2,19)12-13-7-4-5-10-16(13)18/h4-11,19H,3,12H2,1-2H3. The molecule has 0 aromatic heterocycles. The number of rotatable bonds is 5. The molecular weight excluding hydrogens is 255 g/mol. The Labute approximate surface area is 118 Å². The van der Waals surface area contributed by atoms with Gasteiger partial charge in [0.15, 0.2) is 0 Å². The van der Waals surface area contributed by atoms with E-state index in [-0.39, 0.29) is 12.2 Å². The van der Waals surface area contributed by atoms with E-state index >= 15 is 0 Å². The molecule has 2 nitrogen and oxygen atoms in total. The van der Waals surface area contributed by atoms with Gasteiger partial charge in [0.2, 0.25) is 0 Å². The molecule has 20 heavy (non-hydrogen) atoms. The van der Waals surface area contributed by atoms with Crippen molar-refractivity contribution in [3.8, 4) is 5.75 Å². The Balaban J connectivity index is 2.25. The van der Waals surface area contributed by atoms with Crippen LogP contribution in [0.5, 0.6) is 5.75 Å². The number of hydrogen-bond acceptors (Lipinski definition) is 2. The van der Waals surface area contributed by atoms with Gasteiger partial charge in [0.1, 0.15) is 11.6 Å². The Morgan fingerprint density at radius 2 is 1.90 bits per heavy atom. The van der Waals surface area contributed by atoms with E-state index in [1.807, 2.05) is 25.1 Å². The molecule has 0 spiro atoms. The van der Waals surface area contributed by atoms with Gasteiger partial charge in [0.05, 0.1) is 12.2 Å². The Morgan fingerprint density at radius 3 is 2.60 bits per heavy atom. The average molecular weight is 274 g/mol. The minimum atomic E-state index is -1.14. The lowest BCUT2D eigenvalue weighted by molar-refractivity contribution is 0.0564. The van der Waals surface area contributed by atoms with Gasteiger partial charge in [-0.25, -0.2) is 4.39 Å². The number of aliphatic hydroxyl groups is 1. The van der Waals surface area contributed by atoms with Crippen LogP contribution in [0.4, 0.5) is 4.39 Å². The van der Waals surface area contributed by atoms with Crippen molar-refractivity contribution in [3.63, 3.8) is 0 Å². The Kier molecular flexibility index (Phi) is 4.40. The summed E-state index contributed by atoms with van der Waals surface area (Å²) in [6.45, 7) is 4.16. The third-order valence-electron chi connectivity index (χ3n) is 3.26. The van der Waals surface area contributed by atoms with Crippen molar-refractivity contribution in [1.82, 2.24) is 0 Å². The van der Waals surface area contributed by atoms with Gasteiger partial charge in [0.25, 0.3) is 0 Å². The summed E-state index contributed by atoms with van der Waals surface area (Å²) in [6.07, 6.45) is 0.218. The van der Waals surface area contributed by atoms with Crippen molar-refractivity contribution in [2.75, 3.05) is 6.61 Å². The Bertz CT molecular complexity index is 579. The fourth-order valence-electron chi connectivity index (χ4n) is 2.20. The summed E-state index contributed by atoms with van der Waals surface area (Å²) < 4.78 is 19.1. The number of hydrogen-bond donors (Lipinski definition) is 1. The van der Waals surface area contributed by atoms with Crippen LogP contribution >= 0.6 is 0 Å². The molecule has 1 N–H and O–H groups in total. The molecule has 0 radical (unpaired) electrons. The van der Waals surface area contributed by atoms with Crippen LogP contribution < -0.4 is 4.74 Å². The summed E-state index contributed by atoms with van der Waals surface area (Å²) in [5.74, 6) is 0.410. The molecule has 0 aliphatic rings. The lowest BCUT2D eigenvalue weighted by Crippen LogP contribution is -2.24. The molecule has 0 saturated heterocycles. The van der Waals surface area contributed by atoms with Crippen LogP contribution in [-0.4, -0.2) is 11.7 Å². The summed E-state index contributed by atoms with van der Waals surface area (Å²) in [4.78, 5) is 0. The fourth-order valence-corrected chi connectivity index (χ4v) is 2.20. The van der Waals surface area contributed by atoms with E-state index in [0.717, 1.165) is 0 Å². The minimum Gasteiger partial charge on any atom is -0.494 e. The highest BCUT2D eigenvalue weighted by Gasteiger charge is 2.25. The normalized spacial score (nSPS) is 13.8. The lowest BCUT2D eigenvalue weighted by atomic mass is 9.89. The van der Waals surface area contributed by atoms with Crippen molar-refractivity contribution in [2.24, 2.45) is 0 Å². The second kappa shape index (κ2) is 6.06. The lowest BCUT2D eigenvalue weighted by Gasteiger charge is -2.24. The molecule has 0 amide bonds. The first kappa shape index (κ1) is 14.5. The van der Waals surface area contributed by atoms with Crippen LogP contribution in [0.2, 0.25) is 0 Å². The van der Waals surface area contributed by atoms with E-state index in [0.29, 0.717) is 23.5 Å². The number of halogens is 1. The van der Waals surface area contributed by atoms with Gasteiger partial charge >= 0.3 is 0 Å². The van der Waals surface area contributed by atoms with Gasteiger partial charge in [-0.3, -0.25) is 0 Å². The van der Waals surface area contributed by atoms with E-state index < -0.39 is 5.60 Å². The SMILES string of the molecule is CCOc1cccc(C(C)(O)Cc2ccccc2F)c1. The largest absolute Gasteiger partial charge is 0.494 e. The van der Waals surface area contributed by atoms with E-state index in [4.69, 9.17) is 4.74 Å². The molecule has 2 rings (SSSR count). The number of benzene rings is 2. The molecule has 0 fully saturated rings. The zero-order chi connectivity index (χ0) is 14.6. The second-order valence-electron chi connectivity index (χ2n) is 5.00. The van der Waals surface area contributed by atoms with E-state index in [2.05, 4.69) is 0 Å². The molecule has 1 atom stereocenters. The molecule has 0 saturated carbocycles. The fraction of sp³-hybridized carbons (Fsp3) is 0.294. The van der Waals surface area contributed by atoms with Crippen LogP contribution in [-0.2, 0) is 12.0 Å². The van der Waals surface area contributed by atoms with Gasteiger partial charge in [0, 0.05) is 6.42 Å². The van der Waals surface area contributed by atoms with Crippen molar-refractivity contribution < 1.29 is 14.2 Å². The van der Waals surface area contributed by atoms with Crippen LogP contribution in [0.3, 0.4) is 0 Å². The number of ether oxygens (including phenoxy) is 1. The zero-order valence-corrected chi connectivity index (χ0v) is 11.8. The maximum absolute atomic E-state index is 13.7. The van der Waals surface area contributed by atoms with E-state index in [9.17, 15) is 9.50 Å². The monoisotopic (exact) mass is 274 g/mol. The van der Waals surface area contributed by atoms with Crippen molar-refractivity contribution in [2.45, 2.75) is 25.9 Å². The first-order valence-corrected chi connectivity index (χ1v) is 6.72. The zero-order valence-electron chi connectivity index (χ0n) is 11.8. The van der Waals surface area contributed by atoms with Crippen molar-refractivity contribution >= 4 is 0 Å². The highest BCUT2D eigenvalue weighted by molar-refractivity contribution is 5.33. The van der Waals surface area contributed by atoms with Crippen molar-refractivity contribution in [1.29, 1.82) is 0 Å². The molecule has 106 valence electrons. The van der Waals surface area contributed by atoms with E-state index in [1.165, 1.54) is 6.07 Å². The summed E-state index contributed by atoms with van der Waals surface area (Å²) in [7, 11) is 0. The van der Waals surface area contributed by atoms with E-state index in [1.54, 1.807) is 31.2 Å². The Morgan fingerprint density at radius 1 is 1.15 bits per heavy atom. The first-order chi connectivity index (χ1) is 9.53. The smallest absolute Gasteiger partial charge is 0.126 e. The molecule has 1 unspecified atom stereocenters. The van der Waals surface area contributed by atoms with Gasteiger partial charge in [-0.1, -0.05) is 30.3 Å². The molecule has 3 heteroatoms. The first-order valence-electron chi connectivity index (χ1n) is 6.72. The van der Waals surface area contributed by atoms with Crippen molar-refractivity contribution in [3.05, 3.63) is 65.5 Å². The predicted octanol–water partition coefficient (Wildman–Crippen LogP) is 3.67. The molecule has 0 heterocycles. The minimum absolute atomic E-state index is 0.218. The third-order valence-corrected chi connectivity index (χ3v) is 3.26.